The Bertz CT molecular complexity index is 773. The highest BCUT2D eigenvalue weighted by molar-refractivity contribution is 6.33. The van der Waals surface area contributed by atoms with Crippen LogP contribution >= 0.6 is 11.6 Å². The number of ether oxygens (including phenoxy) is 1. The second-order valence-electron chi connectivity index (χ2n) is 6.44. The van der Waals surface area contributed by atoms with Crippen LogP contribution in [0.3, 0.4) is 0 Å². The number of benzene rings is 2. The zero-order chi connectivity index (χ0) is 17.8. The Kier molecular flexibility index (Phi) is 5.51. The van der Waals surface area contributed by atoms with E-state index in [4.69, 9.17) is 16.3 Å². The Morgan fingerprint density at radius 2 is 1.92 bits per heavy atom. The molecule has 0 bridgehead atoms. The number of anilines is 2. The molecule has 0 saturated carbocycles. The second-order valence-corrected chi connectivity index (χ2v) is 6.84. The van der Waals surface area contributed by atoms with Crippen molar-refractivity contribution in [1.82, 2.24) is 5.43 Å². The molecule has 0 radical (unpaired) electrons. The molecule has 0 aliphatic carbocycles. The van der Waals surface area contributed by atoms with Gasteiger partial charge in [0.05, 0.1) is 30.5 Å². The van der Waals surface area contributed by atoms with Crippen LogP contribution < -0.4 is 15.3 Å². The van der Waals surface area contributed by atoms with Crippen LogP contribution in [0.15, 0.2) is 59.8 Å². The summed E-state index contributed by atoms with van der Waals surface area (Å²) in [6.07, 6.45) is 0. The third-order valence-electron chi connectivity index (χ3n) is 4.30. The van der Waals surface area contributed by atoms with E-state index in [1.165, 1.54) is 16.8 Å². The summed E-state index contributed by atoms with van der Waals surface area (Å²) in [5.41, 5.74) is 9.09. The van der Waals surface area contributed by atoms with Crippen molar-refractivity contribution in [1.29, 1.82) is 0 Å². The Morgan fingerprint density at radius 1 is 1.12 bits per heavy atom. The van der Waals surface area contributed by atoms with Gasteiger partial charge in [-0.15, -0.1) is 0 Å². The maximum atomic E-state index is 6.29. The standard InChI is InChI=1S/C20H24ClN3O/c1-15-17(12-24(22-15)20-10-5-4-9-19(20)21)14-25-13-16-7-6-8-18(11-16)23(2)3/h4-11,22H,12-14H2,1-3H3. The van der Waals surface area contributed by atoms with Crippen molar-refractivity contribution in [2.75, 3.05) is 37.2 Å². The number of rotatable bonds is 6. The molecule has 0 spiro atoms. The first kappa shape index (κ1) is 17.6. The minimum atomic E-state index is 0.602. The third kappa shape index (κ3) is 4.27. The highest BCUT2D eigenvalue weighted by atomic mass is 35.5. The van der Waals surface area contributed by atoms with Crippen LogP contribution in [0.1, 0.15) is 12.5 Å². The monoisotopic (exact) mass is 357 g/mol. The largest absolute Gasteiger partial charge is 0.378 e. The van der Waals surface area contributed by atoms with Crippen molar-refractivity contribution in [3.05, 3.63) is 70.4 Å². The van der Waals surface area contributed by atoms with Gasteiger partial charge in [-0.3, -0.25) is 5.01 Å². The highest BCUT2D eigenvalue weighted by Gasteiger charge is 2.20. The first-order valence-corrected chi connectivity index (χ1v) is 8.74. The van der Waals surface area contributed by atoms with Gasteiger partial charge in [0.25, 0.3) is 0 Å². The first-order valence-electron chi connectivity index (χ1n) is 8.36. The maximum absolute atomic E-state index is 6.29. The molecule has 5 heteroatoms. The topological polar surface area (TPSA) is 27.7 Å². The Hall–Kier alpha value is -2.17. The van der Waals surface area contributed by atoms with E-state index in [2.05, 4.69) is 46.5 Å². The number of hydrogen-bond donors (Lipinski definition) is 1. The van der Waals surface area contributed by atoms with Crippen LogP contribution in [0, 0.1) is 0 Å². The van der Waals surface area contributed by atoms with Crippen LogP contribution in [0.4, 0.5) is 11.4 Å². The lowest BCUT2D eigenvalue weighted by Gasteiger charge is -2.21. The number of halogens is 1. The van der Waals surface area contributed by atoms with E-state index in [-0.39, 0.29) is 0 Å². The molecule has 0 atom stereocenters. The van der Waals surface area contributed by atoms with Crippen molar-refractivity contribution < 1.29 is 4.74 Å². The van der Waals surface area contributed by atoms with Gasteiger partial charge >= 0.3 is 0 Å². The summed E-state index contributed by atoms with van der Waals surface area (Å²) in [6, 6.07) is 16.3. The van der Waals surface area contributed by atoms with E-state index < -0.39 is 0 Å². The Labute approximate surface area is 154 Å². The molecule has 0 amide bonds. The molecular weight excluding hydrogens is 334 g/mol. The normalized spacial score (nSPS) is 14.0. The third-order valence-corrected chi connectivity index (χ3v) is 4.62. The number of hydrazine groups is 1. The molecule has 1 aliphatic rings. The highest BCUT2D eigenvalue weighted by Crippen LogP contribution is 2.28. The minimum Gasteiger partial charge on any atom is -0.378 e. The fraction of sp³-hybridized carbons (Fsp3) is 0.300. The van der Waals surface area contributed by atoms with E-state index >= 15 is 0 Å². The molecule has 0 unspecified atom stereocenters. The molecule has 4 nitrogen and oxygen atoms in total. The van der Waals surface area contributed by atoms with Gasteiger partial charge < -0.3 is 15.1 Å². The van der Waals surface area contributed by atoms with E-state index in [1.807, 2.05) is 38.4 Å². The summed E-state index contributed by atoms with van der Waals surface area (Å²) in [6.45, 7) is 4.05. The fourth-order valence-corrected chi connectivity index (χ4v) is 3.05. The molecule has 2 aromatic carbocycles. The van der Waals surface area contributed by atoms with Gasteiger partial charge in [0.1, 0.15) is 0 Å². The van der Waals surface area contributed by atoms with Crippen molar-refractivity contribution in [3.63, 3.8) is 0 Å². The SMILES string of the molecule is CC1=C(COCc2cccc(N(C)C)c2)CN(c2ccccc2Cl)N1. The predicted molar refractivity (Wildman–Crippen MR) is 105 cm³/mol. The summed E-state index contributed by atoms with van der Waals surface area (Å²) in [5, 5.41) is 2.80. The lowest BCUT2D eigenvalue weighted by atomic mass is 10.2. The quantitative estimate of drug-likeness (QED) is 0.837. The lowest BCUT2D eigenvalue weighted by molar-refractivity contribution is 0.142. The Morgan fingerprint density at radius 3 is 2.68 bits per heavy atom. The molecule has 25 heavy (non-hydrogen) atoms. The van der Waals surface area contributed by atoms with Crippen LogP contribution in [-0.2, 0) is 11.3 Å². The molecular formula is C20H24ClN3O. The number of allylic oxidation sites excluding steroid dienone is 1. The lowest BCUT2D eigenvalue weighted by Crippen LogP contribution is -2.31. The van der Waals surface area contributed by atoms with Gasteiger partial charge in [-0.2, -0.15) is 0 Å². The van der Waals surface area contributed by atoms with Gasteiger partial charge in [0.15, 0.2) is 0 Å². The minimum absolute atomic E-state index is 0.602. The van der Waals surface area contributed by atoms with Gasteiger partial charge in [-0.25, -0.2) is 0 Å². The molecule has 0 saturated heterocycles. The van der Waals surface area contributed by atoms with E-state index in [9.17, 15) is 0 Å². The molecule has 1 aliphatic heterocycles. The smallest absolute Gasteiger partial charge is 0.0761 e. The molecule has 3 rings (SSSR count). The van der Waals surface area contributed by atoms with Gasteiger partial charge in [0.2, 0.25) is 0 Å². The fourth-order valence-electron chi connectivity index (χ4n) is 2.82. The summed E-state index contributed by atoms with van der Waals surface area (Å²) < 4.78 is 5.95. The van der Waals surface area contributed by atoms with Crippen LogP contribution in [0.2, 0.25) is 5.02 Å². The predicted octanol–water partition coefficient (Wildman–Crippen LogP) is 4.22. The summed E-state index contributed by atoms with van der Waals surface area (Å²) in [4.78, 5) is 2.10. The zero-order valence-corrected chi connectivity index (χ0v) is 15.7. The molecule has 1 heterocycles. The van der Waals surface area contributed by atoms with Crippen LogP contribution in [0.5, 0.6) is 0 Å². The molecule has 132 valence electrons. The first-order chi connectivity index (χ1) is 12.0. The number of para-hydroxylation sites is 1. The average molecular weight is 358 g/mol. The van der Waals surface area contributed by atoms with Gasteiger partial charge in [-0.1, -0.05) is 35.9 Å². The van der Waals surface area contributed by atoms with Crippen LogP contribution in [-0.4, -0.2) is 27.2 Å². The van der Waals surface area contributed by atoms with E-state index in [0.29, 0.717) is 13.2 Å². The van der Waals surface area contributed by atoms with Crippen molar-refractivity contribution in [2.45, 2.75) is 13.5 Å². The van der Waals surface area contributed by atoms with Crippen molar-refractivity contribution in [3.8, 4) is 0 Å². The Balaban J connectivity index is 1.56. The summed E-state index contributed by atoms with van der Waals surface area (Å²) in [7, 11) is 4.09. The van der Waals surface area contributed by atoms with E-state index in [1.54, 1.807) is 0 Å². The summed E-state index contributed by atoms with van der Waals surface area (Å²) >= 11 is 6.29. The maximum Gasteiger partial charge on any atom is 0.0761 e. The number of nitrogens with one attached hydrogen (secondary N) is 1. The summed E-state index contributed by atoms with van der Waals surface area (Å²) in [5.74, 6) is 0. The average Bonchev–Trinajstić information content (AvgIpc) is 2.96. The molecule has 2 aromatic rings. The van der Waals surface area contributed by atoms with Gasteiger partial charge in [-0.05, 0) is 42.3 Å². The van der Waals surface area contributed by atoms with Crippen LogP contribution in [0.25, 0.3) is 0 Å². The van der Waals surface area contributed by atoms with Gasteiger partial charge in [0, 0.05) is 25.5 Å². The molecule has 1 N–H and O–H groups in total. The van der Waals surface area contributed by atoms with Crippen molar-refractivity contribution in [2.24, 2.45) is 0 Å². The molecule has 0 aromatic heterocycles. The second kappa shape index (κ2) is 7.81. The number of nitrogens with zero attached hydrogens (tertiary/aromatic N) is 2. The van der Waals surface area contributed by atoms with E-state index in [0.717, 1.165) is 23.0 Å². The number of hydrogen-bond acceptors (Lipinski definition) is 4. The zero-order valence-electron chi connectivity index (χ0n) is 14.9. The van der Waals surface area contributed by atoms with Crippen molar-refractivity contribution >= 4 is 23.0 Å². The molecule has 0 fully saturated rings.